The molecule has 0 saturated heterocycles. The van der Waals surface area contributed by atoms with Gasteiger partial charge < -0.3 is 5.32 Å². The number of anilines is 2. The van der Waals surface area contributed by atoms with Gasteiger partial charge in [0.1, 0.15) is 5.69 Å². The molecule has 5 aromatic rings. The van der Waals surface area contributed by atoms with Crippen LogP contribution in [-0.4, -0.2) is 34.3 Å². The van der Waals surface area contributed by atoms with Crippen LogP contribution >= 0.6 is 15.9 Å². The molecule has 1 aromatic carbocycles. The second-order valence-electron chi connectivity index (χ2n) is 8.16. The number of fused-ring (bicyclic) bond motifs is 3. The Bertz CT molecular complexity index is 1560. The Morgan fingerprint density at radius 2 is 2.03 bits per heavy atom. The van der Waals surface area contributed by atoms with Crippen LogP contribution in [0.1, 0.15) is 19.3 Å². The lowest BCUT2D eigenvalue weighted by Crippen LogP contribution is -2.18. The maximum absolute atomic E-state index is 12.4. The molecule has 1 N–H and O–H groups in total. The molecule has 1 saturated carbocycles. The van der Waals surface area contributed by atoms with Crippen LogP contribution in [0.4, 0.5) is 11.6 Å². The van der Waals surface area contributed by atoms with Gasteiger partial charge in [0.05, 0.1) is 17.3 Å². The predicted octanol–water partition coefficient (Wildman–Crippen LogP) is 4.20. The van der Waals surface area contributed by atoms with Gasteiger partial charge in [-0.1, -0.05) is 18.6 Å². The second kappa shape index (κ2) is 8.04. The minimum absolute atomic E-state index is 0.297. The zero-order chi connectivity index (χ0) is 22.4. The third-order valence-corrected chi connectivity index (χ3v) is 6.58. The summed E-state index contributed by atoms with van der Waals surface area (Å²) in [5.41, 5.74) is 2.09. The number of para-hydroxylation sites is 1. The Balaban J connectivity index is 1.49. The van der Waals surface area contributed by atoms with Crippen LogP contribution in [0, 0.1) is 5.92 Å². The molecule has 1 aliphatic carbocycles. The molecule has 0 atom stereocenters. The number of aromatic nitrogens is 7. The summed E-state index contributed by atoms with van der Waals surface area (Å²) < 4.78 is 4.42. The quantitative estimate of drug-likeness (QED) is 0.384. The largest absolute Gasteiger partial charge is 0.319 e. The third-order valence-electron chi connectivity index (χ3n) is 5.94. The summed E-state index contributed by atoms with van der Waals surface area (Å²) in [6.45, 7) is 0.919. The lowest BCUT2D eigenvalue weighted by Gasteiger charge is -2.24. The van der Waals surface area contributed by atoms with E-state index in [9.17, 15) is 4.79 Å². The molecule has 4 aromatic heterocycles. The van der Waals surface area contributed by atoms with Crippen molar-refractivity contribution in [1.29, 1.82) is 0 Å². The van der Waals surface area contributed by atoms with Crippen LogP contribution < -0.4 is 10.9 Å². The molecule has 6 rings (SSSR count). The van der Waals surface area contributed by atoms with E-state index in [2.05, 4.69) is 31.3 Å². The molecule has 10 heteroatoms. The summed E-state index contributed by atoms with van der Waals surface area (Å²) in [6.07, 6.45) is 9.07. The molecule has 0 bridgehead atoms. The number of benzene rings is 1. The minimum Gasteiger partial charge on any atom is -0.319 e. The topological polar surface area (TPSA) is 103 Å². The van der Waals surface area contributed by atoms with E-state index in [1.807, 2.05) is 29.1 Å². The summed E-state index contributed by atoms with van der Waals surface area (Å²) in [5, 5.41) is 13.2. The van der Waals surface area contributed by atoms with E-state index in [0.29, 0.717) is 34.5 Å². The van der Waals surface area contributed by atoms with E-state index in [4.69, 9.17) is 15.1 Å². The third kappa shape index (κ3) is 3.66. The lowest BCUT2D eigenvalue weighted by atomic mass is 9.85. The molecule has 0 amide bonds. The molecule has 0 radical (unpaired) electrons. The molecule has 1 fully saturated rings. The van der Waals surface area contributed by atoms with Crippen LogP contribution in [0.3, 0.4) is 0 Å². The highest BCUT2D eigenvalue weighted by Gasteiger charge is 2.20. The van der Waals surface area contributed by atoms with Gasteiger partial charge in [0.25, 0.3) is 5.56 Å². The van der Waals surface area contributed by atoms with Crippen molar-refractivity contribution < 1.29 is 0 Å². The second-order valence-corrected chi connectivity index (χ2v) is 9.02. The first-order chi connectivity index (χ1) is 16.2. The summed E-state index contributed by atoms with van der Waals surface area (Å²) in [5.74, 6) is 1.62. The number of hydrogen-bond donors (Lipinski definition) is 1. The van der Waals surface area contributed by atoms with Crippen molar-refractivity contribution in [1.82, 2.24) is 34.3 Å². The van der Waals surface area contributed by atoms with Gasteiger partial charge in [0, 0.05) is 28.8 Å². The first kappa shape index (κ1) is 20.0. The lowest BCUT2D eigenvalue weighted by molar-refractivity contribution is 0.266. The Labute approximate surface area is 196 Å². The van der Waals surface area contributed by atoms with Gasteiger partial charge in [-0.2, -0.15) is 9.61 Å². The van der Waals surface area contributed by atoms with E-state index < -0.39 is 0 Å². The van der Waals surface area contributed by atoms with Gasteiger partial charge in [-0.3, -0.25) is 9.48 Å². The van der Waals surface area contributed by atoms with Crippen LogP contribution in [0.2, 0.25) is 0 Å². The van der Waals surface area contributed by atoms with Crippen molar-refractivity contribution in [3.8, 4) is 11.4 Å². The minimum atomic E-state index is -0.389. The molecular weight excluding hydrogens is 484 g/mol. The molecule has 0 aliphatic heterocycles. The highest BCUT2D eigenvalue weighted by atomic mass is 79.9. The SMILES string of the molecule is O=c1nccccc1Nc1nc2c(Br)cccc2c2nc(-c3cnn(CC4CCC4)c3)nn12. The van der Waals surface area contributed by atoms with Gasteiger partial charge in [-0.15, -0.1) is 5.10 Å². The molecule has 4 heterocycles. The van der Waals surface area contributed by atoms with E-state index in [0.717, 1.165) is 22.0 Å². The van der Waals surface area contributed by atoms with Crippen molar-refractivity contribution in [3.63, 3.8) is 0 Å². The first-order valence-corrected chi connectivity index (χ1v) is 11.6. The van der Waals surface area contributed by atoms with E-state index in [1.54, 1.807) is 28.9 Å². The van der Waals surface area contributed by atoms with Gasteiger partial charge in [0.15, 0.2) is 11.5 Å². The number of nitrogens with one attached hydrogen (secondary N) is 1. The van der Waals surface area contributed by atoms with Crippen LogP contribution in [0.5, 0.6) is 0 Å². The highest BCUT2D eigenvalue weighted by molar-refractivity contribution is 9.10. The summed E-state index contributed by atoms with van der Waals surface area (Å²) in [4.78, 5) is 25.8. The molecule has 33 heavy (non-hydrogen) atoms. The number of rotatable bonds is 5. The van der Waals surface area contributed by atoms with Crippen molar-refractivity contribution in [3.05, 3.63) is 69.8 Å². The maximum atomic E-state index is 12.4. The van der Waals surface area contributed by atoms with Gasteiger partial charge in [0.2, 0.25) is 5.95 Å². The van der Waals surface area contributed by atoms with Crippen molar-refractivity contribution >= 4 is 44.1 Å². The monoisotopic (exact) mass is 502 g/mol. The number of halogens is 1. The van der Waals surface area contributed by atoms with E-state index >= 15 is 0 Å². The number of nitrogens with zero attached hydrogens (tertiary/aromatic N) is 7. The Hall–Kier alpha value is -3.66. The fourth-order valence-electron chi connectivity index (χ4n) is 3.99. The van der Waals surface area contributed by atoms with Crippen molar-refractivity contribution in [2.24, 2.45) is 5.92 Å². The van der Waals surface area contributed by atoms with Crippen LogP contribution in [0.15, 0.2) is 64.3 Å². The Morgan fingerprint density at radius 1 is 1.12 bits per heavy atom. The standard InChI is InChI=1S/C23H19BrN8O/c24-17-8-4-7-16-19(17)28-23(27-18-9-1-2-10-25-22(18)33)32-21(16)29-20(30-32)15-11-26-31(13-15)12-14-5-3-6-14/h1-2,4,7-11,13-14H,3,5-6,12H2,(H,25,27,28,33). The fourth-order valence-corrected chi connectivity index (χ4v) is 4.44. The number of hydrogen-bond acceptors (Lipinski definition) is 7. The van der Waals surface area contributed by atoms with Gasteiger partial charge >= 0.3 is 0 Å². The summed E-state index contributed by atoms with van der Waals surface area (Å²) in [7, 11) is 0. The zero-order valence-electron chi connectivity index (χ0n) is 17.5. The highest BCUT2D eigenvalue weighted by Crippen LogP contribution is 2.30. The van der Waals surface area contributed by atoms with Gasteiger partial charge in [-0.25, -0.2) is 15.0 Å². The Morgan fingerprint density at radius 3 is 2.88 bits per heavy atom. The van der Waals surface area contributed by atoms with Crippen molar-refractivity contribution in [2.75, 3.05) is 5.32 Å². The van der Waals surface area contributed by atoms with Crippen LogP contribution in [0.25, 0.3) is 27.9 Å². The molecule has 1 aliphatic rings. The van der Waals surface area contributed by atoms with Gasteiger partial charge in [-0.05, 0) is 59.0 Å². The average molecular weight is 503 g/mol. The van der Waals surface area contributed by atoms with Crippen LogP contribution in [-0.2, 0) is 6.54 Å². The molecule has 164 valence electrons. The molecule has 0 spiro atoms. The average Bonchev–Trinajstić information content (AvgIpc) is 3.38. The predicted molar refractivity (Wildman–Crippen MR) is 128 cm³/mol. The fraction of sp³-hybridized carbons (Fsp3) is 0.217. The normalized spacial score (nSPS) is 14.0. The maximum Gasteiger partial charge on any atom is 0.293 e. The molecule has 9 nitrogen and oxygen atoms in total. The van der Waals surface area contributed by atoms with Crippen molar-refractivity contribution in [2.45, 2.75) is 25.8 Å². The molecule has 0 unspecified atom stereocenters. The summed E-state index contributed by atoms with van der Waals surface area (Å²) >= 11 is 3.58. The summed E-state index contributed by atoms with van der Waals surface area (Å²) in [6, 6.07) is 10.9. The molecular formula is C23H19BrN8O. The smallest absolute Gasteiger partial charge is 0.293 e. The first-order valence-electron chi connectivity index (χ1n) is 10.8. The zero-order valence-corrected chi connectivity index (χ0v) is 19.1. The van der Waals surface area contributed by atoms with E-state index in [-0.39, 0.29) is 5.56 Å². The van der Waals surface area contributed by atoms with E-state index in [1.165, 1.54) is 25.5 Å². The Kier molecular flexibility index (Phi) is 4.87.